The molecule has 0 aromatic heterocycles. The van der Waals surface area contributed by atoms with Crippen molar-refractivity contribution in [2.75, 3.05) is 5.32 Å². The first-order valence-corrected chi connectivity index (χ1v) is 8.79. The number of aliphatic imine (C=N–C) groups is 1. The highest BCUT2D eigenvalue weighted by atomic mass is 32.2. The van der Waals surface area contributed by atoms with Crippen LogP contribution in [-0.2, 0) is 9.59 Å². The van der Waals surface area contributed by atoms with E-state index in [2.05, 4.69) is 10.3 Å². The Bertz CT molecular complexity index is 661. The van der Waals surface area contributed by atoms with Crippen LogP contribution in [0.15, 0.2) is 29.3 Å². The molecule has 0 spiro atoms. The molecule has 7 heteroatoms. The molecule has 1 aliphatic rings. The van der Waals surface area contributed by atoms with Gasteiger partial charge in [0.05, 0.1) is 5.69 Å². The highest BCUT2D eigenvalue weighted by Gasteiger charge is 2.40. The highest BCUT2D eigenvalue weighted by molar-refractivity contribution is 8.15. The van der Waals surface area contributed by atoms with E-state index in [1.807, 2.05) is 27.7 Å². The Morgan fingerprint density at radius 3 is 2.58 bits per heavy atom. The Labute approximate surface area is 145 Å². The first kappa shape index (κ1) is 18.4. The van der Waals surface area contributed by atoms with Gasteiger partial charge in [-0.05, 0) is 39.8 Å². The van der Waals surface area contributed by atoms with Crippen LogP contribution in [0.4, 0.5) is 10.1 Å². The molecule has 1 N–H and O–H groups in total. The standard InChI is InChI=1S/C17H22FN3O2S/c1-10(2)19-17-21(11(3)4)16(23)14(24-17)9-15(22)20-13-8-6-5-7-12(13)18/h5-8,10-11,14H,9H2,1-4H3,(H,20,22)/t14-/m1/s1. The lowest BCUT2D eigenvalue weighted by atomic mass is 10.2. The Kier molecular flexibility index (Phi) is 5.99. The van der Waals surface area contributed by atoms with Crippen molar-refractivity contribution in [3.63, 3.8) is 0 Å². The second-order valence-corrected chi connectivity index (χ2v) is 7.32. The third-order valence-electron chi connectivity index (χ3n) is 3.37. The fourth-order valence-corrected chi connectivity index (χ4v) is 3.72. The van der Waals surface area contributed by atoms with Gasteiger partial charge in [-0.15, -0.1) is 0 Å². The molecule has 1 atom stereocenters. The van der Waals surface area contributed by atoms with Crippen molar-refractivity contribution in [2.24, 2.45) is 4.99 Å². The van der Waals surface area contributed by atoms with E-state index in [1.54, 1.807) is 17.0 Å². The number of thioether (sulfide) groups is 1. The van der Waals surface area contributed by atoms with E-state index in [9.17, 15) is 14.0 Å². The Balaban J connectivity index is 2.08. The topological polar surface area (TPSA) is 61.8 Å². The van der Waals surface area contributed by atoms with Crippen LogP contribution in [-0.4, -0.2) is 39.2 Å². The summed E-state index contributed by atoms with van der Waals surface area (Å²) in [7, 11) is 0. The van der Waals surface area contributed by atoms with E-state index < -0.39 is 11.1 Å². The van der Waals surface area contributed by atoms with Crippen LogP contribution in [0.25, 0.3) is 0 Å². The van der Waals surface area contributed by atoms with Gasteiger partial charge in [-0.1, -0.05) is 23.9 Å². The van der Waals surface area contributed by atoms with Gasteiger partial charge in [-0.2, -0.15) is 0 Å². The third-order valence-corrected chi connectivity index (χ3v) is 4.54. The zero-order valence-electron chi connectivity index (χ0n) is 14.2. The summed E-state index contributed by atoms with van der Waals surface area (Å²) >= 11 is 1.30. The number of hydrogen-bond acceptors (Lipinski definition) is 4. The van der Waals surface area contributed by atoms with Crippen molar-refractivity contribution in [1.29, 1.82) is 0 Å². The molecule has 2 rings (SSSR count). The smallest absolute Gasteiger partial charge is 0.242 e. The number of para-hydroxylation sites is 1. The normalized spacial score (nSPS) is 19.6. The predicted octanol–water partition coefficient (Wildman–Crippen LogP) is 3.27. The Morgan fingerprint density at radius 2 is 2.00 bits per heavy atom. The van der Waals surface area contributed by atoms with E-state index in [1.165, 1.54) is 23.9 Å². The number of halogens is 1. The van der Waals surface area contributed by atoms with Crippen molar-refractivity contribution >= 4 is 34.4 Å². The summed E-state index contributed by atoms with van der Waals surface area (Å²) < 4.78 is 13.6. The molecule has 0 aliphatic carbocycles. The molecular formula is C17H22FN3O2S. The number of hydrogen-bond donors (Lipinski definition) is 1. The van der Waals surface area contributed by atoms with Gasteiger partial charge in [0.1, 0.15) is 11.1 Å². The zero-order chi connectivity index (χ0) is 17.9. The molecule has 2 amide bonds. The zero-order valence-corrected chi connectivity index (χ0v) is 15.1. The number of carbonyl (C=O) groups is 2. The first-order chi connectivity index (χ1) is 11.3. The molecule has 0 unspecified atom stereocenters. The minimum absolute atomic E-state index is 0.0157. The second kappa shape index (κ2) is 7.79. The monoisotopic (exact) mass is 351 g/mol. The summed E-state index contributed by atoms with van der Waals surface area (Å²) in [6, 6.07) is 6.00. The average molecular weight is 351 g/mol. The molecule has 1 heterocycles. The van der Waals surface area contributed by atoms with Crippen LogP contribution in [0.5, 0.6) is 0 Å². The fourth-order valence-electron chi connectivity index (χ4n) is 2.33. The number of nitrogens with one attached hydrogen (secondary N) is 1. The molecule has 1 aliphatic heterocycles. The number of amides is 2. The molecule has 1 fully saturated rings. The molecule has 1 saturated heterocycles. The maximum Gasteiger partial charge on any atom is 0.242 e. The molecule has 1 aromatic rings. The Morgan fingerprint density at radius 1 is 1.33 bits per heavy atom. The van der Waals surface area contributed by atoms with E-state index in [-0.39, 0.29) is 36.0 Å². The number of carbonyl (C=O) groups excluding carboxylic acids is 2. The first-order valence-electron chi connectivity index (χ1n) is 7.91. The summed E-state index contributed by atoms with van der Waals surface area (Å²) in [5.74, 6) is -1.01. The van der Waals surface area contributed by atoms with Crippen LogP contribution in [0.3, 0.4) is 0 Å². The molecule has 1 aromatic carbocycles. The van der Waals surface area contributed by atoms with Crippen LogP contribution in [0.2, 0.25) is 0 Å². The SMILES string of the molecule is CC(C)N=C1S[C@H](CC(=O)Nc2ccccc2F)C(=O)N1C(C)C. The van der Waals surface area contributed by atoms with Gasteiger partial charge >= 0.3 is 0 Å². The van der Waals surface area contributed by atoms with E-state index in [0.29, 0.717) is 5.17 Å². The molecule has 0 saturated carbocycles. The van der Waals surface area contributed by atoms with Gasteiger partial charge in [-0.3, -0.25) is 19.5 Å². The molecular weight excluding hydrogens is 329 g/mol. The van der Waals surface area contributed by atoms with Crippen LogP contribution in [0, 0.1) is 5.82 Å². The van der Waals surface area contributed by atoms with Crippen LogP contribution >= 0.6 is 11.8 Å². The summed E-state index contributed by atoms with van der Waals surface area (Å²) in [6.07, 6.45) is -0.0157. The quantitative estimate of drug-likeness (QED) is 0.886. The molecule has 24 heavy (non-hydrogen) atoms. The third kappa shape index (κ3) is 4.35. The predicted molar refractivity (Wildman–Crippen MR) is 95.6 cm³/mol. The van der Waals surface area contributed by atoms with Gasteiger partial charge in [0.15, 0.2) is 5.17 Å². The van der Waals surface area contributed by atoms with Gasteiger partial charge in [0.2, 0.25) is 11.8 Å². The summed E-state index contributed by atoms with van der Waals surface area (Å²) in [5.41, 5.74) is 0.120. The average Bonchev–Trinajstić information content (AvgIpc) is 2.76. The summed E-state index contributed by atoms with van der Waals surface area (Å²) in [4.78, 5) is 30.8. The minimum Gasteiger partial charge on any atom is -0.324 e. The van der Waals surface area contributed by atoms with Crippen molar-refractivity contribution < 1.29 is 14.0 Å². The maximum atomic E-state index is 13.6. The number of benzene rings is 1. The van der Waals surface area contributed by atoms with Gasteiger partial charge in [-0.25, -0.2) is 4.39 Å². The van der Waals surface area contributed by atoms with Gasteiger partial charge < -0.3 is 5.32 Å². The summed E-state index contributed by atoms with van der Waals surface area (Å²) in [6.45, 7) is 7.70. The maximum absolute atomic E-state index is 13.6. The van der Waals surface area contributed by atoms with Crippen molar-refractivity contribution in [1.82, 2.24) is 4.90 Å². The lowest BCUT2D eigenvalue weighted by molar-refractivity contribution is -0.129. The molecule has 5 nitrogen and oxygen atoms in total. The number of amidine groups is 1. The molecule has 130 valence electrons. The molecule has 0 radical (unpaired) electrons. The van der Waals surface area contributed by atoms with Crippen molar-refractivity contribution in [2.45, 2.75) is 51.4 Å². The van der Waals surface area contributed by atoms with Crippen molar-refractivity contribution in [3.05, 3.63) is 30.1 Å². The highest BCUT2D eigenvalue weighted by Crippen LogP contribution is 2.32. The van der Waals surface area contributed by atoms with E-state index >= 15 is 0 Å². The number of anilines is 1. The summed E-state index contributed by atoms with van der Waals surface area (Å²) in [5, 5.41) is 2.64. The number of rotatable bonds is 5. The molecule has 0 bridgehead atoms. The van der Waals surface area contributed by atoms with Crippen molar-refractivity contribution in [3.8, 4) is 0 Å². The van der Waals surface area contributed by atoms with Gasteiger partial charge in [0, 0.05) is 18.5 Å². The van der Waals surface area contributed by atoms with E-state index in [4.69, 9.17) is 0 Å². The Hall–Kier alpha value is -1.89. The number of nitrogens with zero attached hydrogens (tertiary/aromatic N) is 2. The van der Waals surface area contributed by atoms with E-state index in [0.717, 1.165) is 0 Å². The lowest BCUT2D eigenvalue weighted by Crippen LogP contribution is -2.38. The lowest BCUT2D eigenvalue weighted by Gasteiger charge is -2.21. The van der Waals surface area contributed by atoms with Crippen LogP contribution < -0.4 is 5.32 Å². The largest absolute Gasteiger partial charge is 0.324 e. The second-order valence-electron chi connectivity index (χ2n) is 6.15. The van der Waals surface area contributed by atoms with Gasteiger partial charge in [0.25, 0.3) is 0 Å². The minimum atomic E-state index is -0.531. The van der Waals surface area contributed by atoms with Crippen LogP contribution in [0.1, 0.15) is 34.1 Å². The fraction of sp³-hybridized carbons (Fsp3) is 0.471.